The van der Waals surface area contributed by atoms with Gasteiger partial charge >= 0.3 is 12.1 Å². The minimum absolute atomic E-state index is 0.0239. The van der Waals surface area contributed by atoms with Crippen molar-refractivity contribution in [2.24, 2.45) is 5.92 Å². The molecular weight excluding hydrogens is 424 g/mol. The van der Waals surface area contributed by atoms with Gasteiger partial charge in [-0.25, -0.2) is 9.59 Å². The van der Waals surface area contributed by atoms with Gasteiger partial charge in [0.1, 0.15) is 18.3 Å². The van der Waals surface area contributed by atoms with Gasteiger partial charge in [-0.15, -0.1) is 0 Å². The first kappa shape index (κ1) is 22.1. The number of hydrogen-bond donors (Lipinski definition) is 4. The number of aliphatic carboxylic acids is 1. The normalized spacial score (nSPS) is 13.2. The molecule has 0 aliphatic heterocycles. The molecule has 0 spiro atoms. The number of nitrogens with one attached hydrogen (secondary N) is 3. The first-order chi connectivity index (χ1) is 15.8. The van der Waals surface area contributed by atoms with Crippen molar-refractivity contribution in [1.82, 2.24) is 15.5 Å². The molecule has 2 amide bonds. The number of hydrogen-bond acceptors (Lipinski definition) is 5. The topological polar surface area (TPSA) is 133 Å². The average Bonchev–Trinajstić information content (AvgIpc) is 3.38. The first-order valence-corrected chi connectivity index (χ1v) is 10.6. The van der Waals surface area contributed by atoms with E-state index in [0.29, 0.717) is 0 Å². The summed E-state index contributed by atoms with van der Waals surface area (Å²) in [5.74, 6) is -2.05. The van der Waals surface area contributed by atoms with E-state index >= 15 is 0 Å². The zero-order valence-electron chi connectivity index (χ0n) is 18.2. The predicted octanol–water partition coefficient (Wildman–Crippen LogP) is 3.61. The number of carboxylic acid groups (broad SMARTS) is 1. The Morgan fingerprint density at radius 3 is 2.24 bits per heavy atom. The number of nitrogens with zero attached hydrogens (tertiary/aromatic N) is 1. The number of carboxylic acids is 1. The Balaban J connectivity index is 1.37. The predicted molar refractivity (Wildman–Crippen MR) is 121 cm³/mol. The second kappa shape index (κ2) is 9.15. The van der Waals surface area contributed by atoms with Crippen LogP contribution in [-0.4, -0.2) is 45.9 Å². The Morgan fingerprint density at radius 1 is 1.06 bits per heavy atom. The summed E-state index contributed by atoms with van der Waals surface area (Å²) >= 11 is 0. The number of aromatic nitrogens is 2. The summed E-state index contributed by atoms with van der Waals surface area (Å²) in [6, 6.07) is 16.3. The van der Waals surface area contributed by atoms with Crippen LogP contribution in [0.15, 0.2) is 54.6 Å². The number of carbonyl (C=O) groups excluding carboxylic acids is 2. The standard InChI is InChI=1S/C24H24N4O5/c1-13(2)21(23(30)31)26-22(29)19-11-20(28-27-19)25-24(32)33-12-18-16-9-5-3-7-14(16)15-8-4-6-10-17(15)18/h3-11,13,18,21H,12H2,1-2H3,(H,26,29)(H,30,31)(H2,25,27,28,32)/t21-/m0/s1. The lowest BCUT2D eigenvalue weighted by Crippen LogP contribution is -2.44. The van der Waals surface area contributed by atoms with Gasteiger partial charge in [0, 0.05) is 12.0 Å². The third-order valence-electron chi connectivity index (χ3n) is 5.62. The van der Waals surface area contributed by atoms with Crippen LogP contribution >= 0.6 is 0 Å². The van der Waals surface area contributed by atoms with Gasteiger partial charge in [0.05, 0.1) is 0 Å². The molecule has 4 rings (SSSR count). The zero-order valence-corrected chi connectivity index (χ0v) is 18.2. The van der Waals surface area contributed by atoms with Gasteiger partial charge in [0.25, 0.3) is 5.91 Å². The van der Waals surface area contributed by atoms with Crippen molar-refractivity contribution < 1.29 is 24.2 Å². The Hall–Kier alpha value is -4.14. The zero-order chi connectivity index (χ0) is 23.5. The molecule has 0 bridgehead atoms. The number of benzene rings is 2. The monoisotopic (exact) mass is 448 g/mol. The molecule has 33 heavy (non-hydrogen) atoms. The van der Waals surface area contributed by atoms with Gasteiger partial charge in [0.15, 0.2) is 5.82 Å². The highest BCUT2D eigenvalue weighted by atomic mass is 16.5. The maximum Gasteiger partial charge on any atom is 0.412 e. The molecule has 0 saturated heterocycles. The highest BCUT2D eigenvalue weighted by molar-refractivity contribution is 5.96. The van der Waals surface area contributed by atoms with Crippen molar-refractivity contribution >= 4 is 23.8 Å². The Kier molecular flexibility index (Phi) is 6.12. The van der Waals surface area contributed by atoms with Crippen molar-refractivity contribution in [2.45, 2.75) is 25.8 Å². The second-order valence-corrected chi connectivity index (χ2v) is 8.15. The number of fused-ring (bicyclic) bond motifs is 3. The molecule has 1 aromatic heterocycles. The Bertz CT molecular complexity index is 1160. The molecule has 170 valence electrons. The van der Waals surface area contributed by atoms with Crippen LogP contribution in [0.2, 0.25) is 0 Å². The van der Waals surface area contributed by atoms with E-state index in [1.165, 1.54) is 6.07 Å². The Labute approximate surface area is 190 Å². The van der Waals surface area contributed by atoms with Gasteiger partial charge in [-0.3, -0.25) is 15.2 Å². The first-order valence-electron chi connectivity index (χ1n) is 10.6. The number of carbonyl (C=O) groups is 3. The number of anilines is 1. The smallest absolute Gasteiger partial charge is 0.412 e. The Morgan fingerprint density at radius 2 is 1.67 bits per heavy atom. The van der Waals surface area contributed by atoms with Crippen LogP contribution in [0.3, 0.4) is 0 Å². The molecule has 0 fully saturated rings. The summed E-state index contributed by atoms with van der Waals surface area (Å²) in [4.78, 5) is 35.9. The molecule has 9 nitrogen and oxygen atoms in total. The van der Waals surface area contributed by atoms with Gasteiger partial charge < -0.3 is 15.2 Å². The average molecular weight is 448 g/mol. The third kappa shape index (κ3) is 4.57. The van der Waals surface area contributed by atoms with Crippen molar-refractivity contribution in [1.29, 1.82) is 0 Å². The summed E-state index contributed by atoms with van der Waals surface area (Å²) in [5, 5.41) is 20.5. The van der Waals surface area contributed by atoms with Crippen LogP contribution in [0.5, 0.6) is 0 Å². The number of H-pyrrole nitrogens is 1. The van der Waals surface area contributed by atoms with E-state index < -0.39 is 24.0 Å². The summed E-state index contributed by atoms with van der Waals surface area (Å²) in [7, 11) is 0. The third-order valence-corrected chi connectivity index (χ3v) is 5.62. The summed E-state index contributed by atoms with van der Waals surface area (Å²) < 4.78 is 5.46. The molecule has 0 saturated carbocycles. The minimum atomic E-state index is -1.13. The van der Waals surface area contributed by atoms with E-state index in [0.717, 1.165) is 22.3 Å². The molecular formula is C24H24N4O5. The van der Waals surface area contributed by atoms with Crippen molar-refractivity contribution in [3.8, 4) is 11.1 Å². The minimum Gasteiger partial charge on any atom is -0.480 e. The van der Waals surface area contributed by atoms with Crippen LogP contribution in [0.1, 0.15) is 41.4 Å². The lowest BCUT2D eigenvalue weighted by molar-refractivity contribution is -0.140. The maximum absolute atomic E-state index is 12.4. The molecule has 1 atom stereocenters. The van der Waals surface area contributed by atoms with Crippen LogP contribution < -0.4 is 10.6 Å². The van der Waals surface area contributed by atoms with Crippen molar-refractivity contribution in [3.63, 3.8) is 0 Å². The summed E-state index contributed by atoms with van der Waals surface area (Å²) in [6.07, 6.45) is -0.707. The second-order valence-electron chi connectivity index (χ2n) is 8.15. The number of amides is 2. The van der Waals surface area contributed by atoms with Gasteiger partial charge in [-0.1, -0.05) is 62.4 Å². The molecule has 1 aliphatic rings. The van der Waals surface area contributed by atoms with E-state index in [2.05, 4.69) is 33.0 Å². The molecule has 0 radical (unpaired) electrons. The van der Waals surface area contributed by atoms with Crippen molar-refractivity contribution in [3.05, 3.63) is 71.4 Å². The van der Waals surface area contributed by atoms with Gasteiger partial charge in [-0.2, -0.15) is 5.10 Å². The number of aromatic amines is 1. The molecule has 2 aromatic carbocycles. The van der Waals surface area contributed by atoms with Gasteiger partial charge in [0.2, 0.25) is 0 Å². The van der Waals surface area contributed by atoms with E-state index in [1.54, 1.807) is 13.8 Å². The molecule has 1 heterocycles. The molecule has 0 unspecified atom stereocenters. The molecule has 1 aliphatic carbocycles. The molecule has 9 heteroatoms. The number of ether oxygens (including phenoxy) is 1. The quantitative estimate of drug-likeness (QED) is 0.436. The molecule has 3 aromatic rings. The van der Waals surface area contributed by atoms with Gasteiger partial charge in [-0.05, 0) is 28.2 Å². The van der Waals surface area contributed by atoms with Crippen LogP contribution in [0.25, 0.3) is 11.1 Å². The van der Waals surface area contributed by atoms with E-state index in [-0.39, 0.29) is 30.0 Å². The highest BCUT2D eigenvalue weighted by Gasteiger charge is 2.29. The van der Waals surface area contributed by atoms with Crippen LogP contribution in [0.4, 0.5) is 10.6 Å². The summed E-state index contributed by atoms with van der Waals surface area (Å²) in [6.45, 7) is 3.53. The fourth-order valence-corrected chi connectivity index (χ4v) is 3.97. The van der Waals surface area contributed by atoms with Crippen LogP contribution in [-0.2, 0) is 9.53 Å². The van der Waals surface area contributed by atoms with Crippen LogP contribution in [0, 0.1) is 5.92 Å². The SMILES string of the molecule is CC(C)[C@H](NC(=O)c1cc(NC(=O)OCC2c3ccccc3-c3ccccc32)n[nH]1)C(=O)O. The lowest BCUT2D eigenvalue weighted by Gasteiger charge is -2.17. The van der Waals surface area contributed by atoms with E-state index in [1.807, 2.05) is 36.4 Å². The largest absolute Gasteiger partial charge is 0.480 e. The van der Waals surface area contributed by atoms with E-state index in [4.69, 9.17) is 4.74 Å². The summed E-state index contributed by atoms with van der Waals surface area (Å²) in [5.41, 5.74) is 4.49. The van der Waals surface area contributed by atoms with Crippen molar-refractivity contribution in [2.75, 3.05) is 11.9 Å². The lowest BCUT2D eigenvalue weighted by atomic mass is 9.98. The maximum atomic E-state index is 12.4. The molecule has 4 N–H and O–H groups in total. The number of rotatable bonds is 7. The fraction of sp³-hybridized carbons (Fsp3) is 0.250. The van der Waals surface area contributed by atoms with E-state index in [9.17, 15) is 19.5 Å². The highest BCUT2D eigenvalue weighted by Crippen LogP contribution is 2.44. The fourth-order valence-electron chi connectivity index (χ4n) is 3.97.